The average molecular weight is 432 g/mol. The number of alkyl halides is 3. The van der Waals surface area contributed by atoms with E-state index in [2.05, 4.69) is 15.3 Å². The number of rotatable bonds is 5. The lowest BCUT2D eigenvalue weighted by molar-refractivity contribution is -0.137. The van der Waals surface area contributed by atoms with Gasteiger partial charge in [-0.3, -0.25) is 4.79 Å². The summed E-state index contributed by atoms with van der Waals surface area (Å²) in [5.41, 5.74) is 1.04. The van der Waals surface area contributed by atoms with Gasteiger partial charge in [0.15, 0.2) is 0 Å². The van der Waals surface area contributed by atoms with Gasteiger partial charge in [-0.25, -0.2) is 4.98 Å². The first-order valence-electron chi connectivity index (χ1n) is 10.1. The quantitative estimate of drug-likeness (QED) is 0.567. The Morgan fingerprint density at radius 2 is 2.06 bits per heavy atom. The molecule has 1 unspecified atom stereocenters. The molecule has 9 heteroatoms. The van der Waals surface area contributed by atoms with E-state index in [-0.39, 0.29) is 18.9 Å². The van der Waals surface area contributed by atoms with Crippen LogP contribution in [0.1, 0.15) is 36.4 Å². The minimum absolute atomic E-state index is 0.0644. The Labute approximate surface area is 177 Å². The van der Waals surface area contributed by atoms with Crippen molar-refractivity contribution in [1.29, 1.82) is 0 Å². The molecule has 1 saturated heterocycles. The first-order chi connectivity index (χ1) is 14.8. The summed E-state index contributed by atoms with van der Waals surface area (Å²) in [6, 6.07) is 11.6. The van der Waals surface area contributed by atoms with Gasteiger partial charge in [-0.05, 0) is 42.7 Å². The first-order valence-corrected chi connectivity index (χ1v) is 10.1. The van der Waals surface area contributed by atoms with E-state index in [1.54, 1.807) is 11.0 Å². The number of anilines is 1. The molecule has 31 heavy (non-hydrogen) atoms. The van der Waals surface area contributed by atoms with Crippen LogP contribution in [0, 0.1) is 0 Å². The summed E-state index contributed by atoms with van der Waals surface area (Å²) in [5, 5.41) is 13.0. The Kier molecular flexibility index (Phi) is 5.86. The molecule has 0 radical (unpaired) electrons. The van der Waals surface area contributed by atoms with Crippen LogP contribution < -0.4 is 5.32 Å². The zero-order valence-electron chi connectivity index (χ0n) is 16.7. The molecule has 1 amide bonds. The standard InChI is InChI=1S/C22H23F3N4O2/c23-22(24,25)15-6-3-5-14(11-15)19(12-20(31)29-10-4-7-16(30)13-29)28-21-26-17-8-1-2-9-18(17)27-21/h1-3,5-6,8-9,11,16,19,30H,4,7,10,12-13H2,(H2,26,27,28)/t16-,19?/m1/s1. The van der Waals surface area contributed by atoms with Gasteiger partial charge in [-0.1, -0.05) is 24.3 Å². The fourth-order valence-corrected chi connectivity index (χ4v) is 3.86. The SMILES string of the molecule is O=C(CC(Nc1nc2ccccc2[nH]1)c1cccc(C(F)(F)F)c1)N1CCC[C@@H](O)C1. The number of H-pyrrole nitrogens is 1. The third-order valence-corrected chi connectivity index (χ3v) is 5.44. The second-order valence-electron chi connectivity index (χ2n) is 7.76. The summed E-state index contributed by atoms with van der Waals surface area (Å²) < 4.78 is 39.8. The second-order valence-corrected chi connectivity index (χ2v) is 7.76. The van der Waals surface area contributed by atoms with Crippen molar-refractivity contribution in [3.8, 4) is 0 Å². The molecule has 2 heterocycles. The average Bonchev–Trinajstić information content (AvgIpc) is 3.15. The maximum atomic E-state index is 13.3. The normalized spacial score (nSPS) is 18.2. The number of β-amino-alcohol motifs (C(OH)–C–C–N with tert-alkyl or cyclic N) is 1. The van der Waals surface area contributed by atoms with E-state index in [0.29, 0.717) is 36.4 Å². The number of imidazole rings is 1. The van der Waals surface area contributed by atoms with Crippen LogP contribution in [0.3, 0.4) is 0 Å². The van der Waals surface area contributed by atoms with E-state index in [1.807, 2.05) is 24.3 Å². The lowest BCUT2D eigenvalue weighted by atomic mass is 9.99. The number of aromatic amines is 1. The van der Waals surface area contributed by atoms with Gasteiger partial charge in [0.1, 0.15) is 0 Å². The monoisotopic (exact) mass is 432 g/mol. The van der Waals surface area contributed by atoms with Crippen molar-refractivity contribution in [3.05, 3.63) is 59.7 Å². The molecule has 6 nitrogen and oxygen atoms in total. The number of hydrogen-bond donors (Lipinski definition) is 3. The molecule has 1 aliphatic heterocycles. The Morgan fingerprint density at radius 1 is 1.26 bits per heavy atom. The number of aromatic nitrogens is 2. The van der Waals surface area contributed by atoms with Crippen molar-refractivity contribution in [2.45, 2.75) is 37.6 Å². The Morgan fingerprint density at radius 3 is 2.81 bits per heavy atom. The molecule has 1 aromatic heterocycles. The molecular weight excluding hydrogens is 409 g/mol. The van der Waals surface area contributed by atoms with Crippen molar-refractivity contribution in [1.82, 2.24) is 14.9 Å². The molecule has 2 atom stereocenters. The van der Waals surface area contributed by atoms with E-state index in [9.17, 15) is 23.1 Å². The second kappa shape index (κ2) is 8.58. The number of carbonyl (C=O) groups excluding carboxylic acids is 1. The van der Waals surface area contributed by atoms with Crippen molar-refractivity contribution < 1.29 is 23.1 Å². The number of fused-ring (bicyclic) bond motifs is 1. The minimum Gasteiger partial charge on any atom is -0.391 e. The number of aliphatic hydroxyl groups excluding tert-OH is 1. The third-order valence-electron chi connectivity index (χ3n) is 5.44. The number of aliphatic hydroxyl groups is 1. The Bertz CT molecular complexity index is 1030. The Hall–Kier alpha value is -3.07. The van der Waals surface area contributed by atoms with Crippen molar-refractivity contribution in [2.24, 2.45) is 0 Å². The third kappa shape index (κ3) is 4.99. The fraction of sp³-hybridized carbons (Fsp3) is 0.364. The first kappa shape index (κ1) is 21.2. The molecule has 164 valence electrons. The highest BCUT2D eigenvalue weighted by molar-refractivity contribution is 5.79. The number of nitrogens with zero attached hydrogens (tertiary/aromatic N) is 2. The zero-order valence-corrected chi connectivity index (χ0v) is 16.7. The topological polar surface area (TPSA) is 81.2 Å². The molecule has 0 saturated carbocycles. The maximum Gasteiger partial charge on any atom is 0.416 e. The number of halogens is 3. The maximum absolute atomic E-state index is 13.3. The molecule has 3 aromatic rings. The molecular formula is C22H23F3N4O2. The highest BCUT2D eigenvalue weighted by Crippen LogP contribution is 2.32. The number of carbonyl (C=O) groups is 1. The van der Waals surface area contributed by atoms with Crippen LogP contribution in [0.4, 0.5) is 19.1 Å². The van der Waals surface area contributed by atoms with Gasteiger partial charge < -0.3 is 20.3 Å². The summed E-state index contributed by atoms with van der Waals surface area (Å²) in [7, 11) is 0. The summed E-state index contributed by atoms with van der Waals surface area (Å²) in [4.78, 5) is 22.0. The molecule has 0 bridgehead atoms. The number of piperidine rings is 1. The molecule has 0 aliphatic carbocycles. The molecule has 3 N–H and O–H groups in total. The molecule has 4 rings (SSSR count). The van der Waals surface area contributed by atoms with Gasteiger partial charge >= 0.3 is 6.18 Å². The molecule has 1 aliphatic rings. The summed E-state index contributed by atoms with van der Waals surface area (Å²) >= 11 is 0. The smallest absolute Gasteiger partial charge is 0.391 e. The van der Waals surface area contributed by atoms with Crippen LogP contribution in [0.15, 0.2) is 48.5 Å². The van der Waals surface area contributed by atoms with Gasteiger partial charge in [-0.15, -0.1) is 0 Å². The molecule has 0 spiro atoms. The van der Waals surface area contributed by atoms with Crippen LogP contribution in [-0.2, 0) is 11.0 Å². The van der Waals surface area contributed by atoms with Gasteiger partial charge in [0.05, 0.1) is 35.2 Å². The van der Waals surface area contributed by atoms with Crippen LogP contribution in [0.5, 0.6) is 0 Å². The minimum atomic E-state index is -4.49. The number of hydrogen-bond acceptors (Lipinski definition) is 4. The van der Waals surface area contributed by atoms with Gasteiger partial charge in [0.25, 0.3) is 0 Å². The van der Waals surface area contributed by atoms with Gasteiger partial charge in [-0.2, -0.15) is 13.2 Å². The lowest BCUT2D eigenvalue weighted by Crippen LogP contribution is -2.43. The van der Waals surface area contributed by atoms with Crippen molar-refractivity contribution in [2.75, 3.05) is 18.4 Å². The molecule has 2 aromatic carbocycles. The van der Waals surface area contributed by atoms with E-state index in [0.717, 1.165) is 17.6 Å². The molecule has 1 fully saturated rings. The predicted molar refractivity (Wildman–Crippen MR) is 110 cm³/mol. The Balaban J connectivity index is 1.62. The van der Waals surface area contributed by atoms with Crippen molar-refractivity contribution >= 4 is 22.9 Å². The number of para-hydroxylation sites is 2. The van der Waals surface area contributed by atoms with Crippen LogP contribution >= 0.6 is 0 Å². The zero-order chi connectivity index (χ0) is 22.0. The van der Waals surface area contributed by atoms with Crippen LogP contribution in [0.25, 0.3) is 11.0 Å². The van der Waals surface area contributed by atoms with E-state index >= 15 is 0 Å². The summed E-state index contributed by atoms with van der Waals surface area (Å²) in [6.45, 7) is 0.759. The number of benzene rings is 2. The summed E-state index contributed by atoms with van der Waals surface area (Å²) in [5.74, 6) is 0.139. The van der Waals surface area contributed by atoms with E-state index < -0.39 is 23.9 Å². The van der Waals surface area contributed by atoms with Crippen LogP contribution in [-0.4, -0.2) is 45.1 Å². The van der Waals surface area contributed by atoms with E-state index in [4.69, 9.17) is 0 Å². The summed E-state index contributed by atoms with van der Waals surface area (Å²) in [6.07, 6.45) is -3.80. The number of nitrogens with one attached hydrogen (secondary N) is 2. The highest BCUT2D eigenvalue weighted by Gasteiger charge is 2.32. The lowest BCUT2D eigenvalue weighted by Gasteiger charge is -2.31. The highest BCUT2D eigenvalue weighted by atomic mass is 19.4. The van der Waals surface area contributed by atoms with Crippen molar-refractivity contribution in [3.63, 3.8) is 0 Å². The largest absolute Gasteiger partial charge is 0.416 e. The fourth-order valence-electron chi connectivity index (χ4n) is 3.86. The number of amides is 1. The number of likely N-dealkylation sites (tertiary alicyclic amines) is 1. The van der Waals surface area contributed by atoms with Gasteiger partial charge in [0, 0.05) is 13.1 Å². The van der Waals surface area contributed by atoms with Crippen LogP contribution in [0.2, 0.25) is 0 Å². The van der Waals surface area contributed by atoms with Gasteiger partial charge in [0.2, 0.25) is 11.9 Å². The van der Waals surface area contributed by atoms with E-state index in [1.165, 1.54) is 6.07 Å². The predicted octanol–water partition coefficient (Wildman–Crippen LogP) is 4.11.